The smallest absolute Gasteiger partial charge is 0.258 e. The Labute approximate surface area is 176 Å². The molecule has 1 saturated heterocycles. The SMILES string of the molecule is CC1CCN(C(CNC(=O)COc2ccc(Cl)cc2)c2cccs2)CC1.Cl. The first-order valence-corrected chi connectivity index (χ1v) is 10.3. The van der Waals surface area contributed by atoms with Crippen LogP contribution in [0.25, 0.3) is 0 Å². The average molecular weight is 429 g/mol. The highest BCUT2D eigenvalue weighted by atomic mass is 35.5. The Morgan fingerprint density at radius 1 is 1.30 bits per heavy atom. The van der Waals surface area contributed by atoms with Crippen LogP contribution in [0.4, 0.5) is 0 Å². The molecule has 2 aromatic rings. The second kappa shape index (κ2) is 10.9. The van der Waals surface area contributed by atoms with Gasteiger partial charge < -0.3 is 10.1 Å². The number of thiophene rings is 1. The van der Waals surface area contributed by atoms with Crippen LogP contribution < -0.4 is 10.1 Å². The summed E-state index contributed by atoms with van der Waals surface area (Å²) in [6.45, 7) is 5.10. The van der Waals surface area contributed by atoms with Gasteiger partial charge in [0, 0.05) is 16.4 Å². The molecule has 0 radical (unpaired) electrons. The Morgan fingerprint density at radius 3 is 2.63 bits per heavy atom. The third-order valence-electron chi connectivity index (χ3n) is 4.81. The zero-order chi connectivity index (χ0) is 18.4. The fourth-order valence-corrected chi connectivity index (χ4v) is 4.16. The molecule has 1 aromatic heterocycles. The Morgan fingerprint density at radius 2 is 2.00 bits per heavy atom. The normalized spacial score (nSPS) is 16.4. The topological polar surface area (TPSA) is 41.6 Å². The molecule has 148 valence electrons. The third-order valence-corrected chi connectivity index (χ3v) is 6.03. The summed E-state index contributed by atoms with van der Waals surface area (Å²) < 4.78 is 5.52. The van der Waals surface area contributed by atoms with Crippen LogP contribution in [0.3, 0.4) is 0 Å². The number of carbonyl (C=O) groups excluding carboxylic acids is 1. The lowest BCUT2D eigenvalue weighted by Gasteiger charge is -2.36. The number of piperidine rings is 1. The van der Waals surface area contributed by atoms with E-state index in [4.69, 9.17) is 16.3 Å². The number of ether oxygens (including phenoxy) is 1. The van der Waals surface area contributed by atoms with Crippen LogP contribution in [-0.2, 0) is 4.79 Å². The maximum absolute atomic E-state index is 12.2. The number of carbonyl (C=O) groups is 1. The van der Waals surface area contributed by atoms with Crippen molar-refractivity contribution in [2.24, 2.45) is 5.92 Å². The lowest BCUT2D eigenvalue weighted by atomic mass is 9.97. The number of rotatable bonds is 7. The van der Waals surface area contributed by atoms with Crippen molar-refractivity contribution in [1.82, 2.24) is 10.2 Å². The molecule has 1 atom stereocenters. The predicted octanol–water partition coefficient (Wildman–Crippen LogP) is 4.79. The van der Waals surface area contributed by atoms with E-state index in [-0.39, 0.29) is 31.0 Å². The molecule has 4 nitrogen and oxygen atoms in total. The summed E-state index contributed by atoms with van der Waals surface area (Å²) in [5.41, 5.74) is 0. The van der Waals surface area contributed by atoms with Crippen LogP contribution >= 0.6 is 35.3 Å². The highest BCUT2D eigenvalue weighted by molar-refractivity contribution is 7.10. The van der Waals surface area contributed by atoms with Gasteiger partial charge in [0.25, 0.3) is 5.91 Å². The molecule has 1 aromatic carbocycles. The molecule has 0 aliphatic carbocycles. The van der Waals surface area contributed by atoms with E-state index in [0.29, 0.717) is 17.3 Å². The maximum atomic E-state index is 12.2. The molecule has 0 spiro atoms. The molecule has 1 N–H and O–H groups in total. The number of benzene rings is 1. The number of nitrogens with zero attached hydrogens (tertiary/aromatic N) is 1. The minimum atomic E-state index is -0.105. The molecule has 1 aliphatic rings. The number of halogens is 2. The van der Waals surface area contributed by atoms with Crippen molar-refractivity contribution >= 4 is 41.3 Å². The second-order valence-corrected chi connectivity index (χ2v) is 8.21. The zero-order valence-electron chi connectivity index (χ0n) is 15.4. The van der Waals surface area contributed by atoms with Gasteiger partial charge >= 0.3 is 0 Å². The van der Waals surface area contributed by atoms with Gasteiger partial charge in [0.2, 0.25) is 0 Å². The van der Waals surface area contributed by atoms with Crippen LogP contribution in [0.2, 0.25) is 5.02 Å². The monoisotopic (exact) mass is 428 g/mol. The maximum Gasteiger partial charge on any atom is 0.258 e. The first-order valence-electron chi connectivity index (χ1n) is 9.04. The molecule has 7 heteroatoms. The summed E-state index contributed by atoms with van der Waals surface area (Å²) in [5, 5.41) is 5.78. The molecule has 1 amide bonds. The molecular weight excluding hydrogens is 403 g/mol. The minimum absolute atomic E-state index is 0. The highest BCUT2D eigenvalue weighted by Gasteiger charge is 2.25. The molecular formula is C20H26Cl2N2O2S. The largest absolute Gasteiger partial charge is 0.484 e. The fraction of sp³-hybridized carbons (Fsp3) is 0.450. The molecule has 0 bridgehead atoms. The van der Waals surface area contributed by atoms with Gasteiger partial charge in [0.1, 0.15) is 5.75 Å². The van der Waals surface area contributed by atoms with Crippen LogP contribution in [0.15, 0.2) is 41.8 Å². The standard InChI is InChI=1S/C20H25ClN2O2S.ClH/c1-15-8-10-23(11-9-15)18(19-3-2-12-26-19)13-22-20(24)14-25-17-6-4-16(21)5-7-17;/h2-7,12,15,18H,8-11,13-14H2,1H3,(H,22,24);1H. The molecule has 3 rings (SSSR count). The zero-order valence-corrected chi connectivity index (χ0v) is 17.8. The van der Waals surface area contributed by atoms with E-state index < -0.39 is 0 Å². The summed E-state index contributed by atoms with van der Waals surface area (Å²) in [7, 11) is 0. The first-order chi connectivity index (χ1) is 12.6. The van der Waals surface area contributed by atoms with Crippen molar-refractivity contribution < 1.29 is 9.53 Å². The van der Waals surface area contributed by atoms with Gasteiger partial charge in [-0.15, -0.1) is 23.7 Å². The Balaban J connectivity index is 0.00000261. The van der Waals surface area contributed by atoms with E-state index in [2.05, 4.69) is 34.7 Å². The van der Waals surface area contributed by atoms with E-state index in [0.717, 1.165) is 19.0 Å². The lowest BCUT2D eigenvalue weighted by molar-refractivity contribution is -0.123. The van der Waals surface area contributed by atoms with E-state index in [1.807, 2.05) is 0 Å². The van der Waals surface area contributed by atoms with E-state index >= 15 is 0 Å². The lowest BCUT2D eigenvalue weighted by Crippen LogP contribution is -2.42. The average Bonchev–Trinajstić information content (AvgIpc) is 3.17. The molecule has 1 fully saturated rings. The third kappa shape index (κ3) is 6.68. The van der Waals surface area contributed by atoms with Gasteiger partial charge in [0.15, 0.2) is 6.61 Å². The fourth-order valence-electron chi connectivity index (χ4n) is 3.17. The molecule has 2 heterocycles. The predicted molar refractivity (Wildman–Crippen MR) is 114 cm³/mol. The van der Waals surface area contributed by atoms with Crippen LogP contribution in [0, 0.1) is 5.92 Å². The van der Waals surface area contributed by atoms with E-state index in [1.54, 1.807) is 35.6 Å². The summed E-state index contributed by atoms with van der Waals surface area (Å²) in [6.07, 6.45) is 2.44. The van der Waals surface area contributed by atoms with Crippen molar-refractivity contribution in [3.63, 3.8) is 0 Å². The van der Waals surface area contributed by atoms with E-state index in [1.165, 1.54) is 17.7 Å². The van der Waals surface area contributed by atoms with Gasteiger partial charge in [0.05, 0.1) is 6.04 Å². The Kier molecular flexibility index (Phi) is 8.90. The first kappa shape index (κ1) is 22.0. The Bertz CT molecular complexity index is 687. The van der Waals surface area contributed by atoms with Crippen LogP contribution in [0.1, 0.15) is 30.7 Å². The molecule has 1 aliphatic heterocycles. The van der Waals surface area contributed by atoms with Crippen molar-refractivity contribution in [3.8, 4) is 5.75 Å². The quantitative estimate of drug-likeness (QED) is 0.688. The van der Waals surface area contributed by atoms with Crippen molar-refractivity contribution in [3.05, 3.63) is 51.7 Å². The summed E-state index contributed by atoms with van der Waals surface area (Å²) in [4.78, 5) is 16.0. The second-order valence-electron chi connectivity index (χ2n) is 6.80. The number of hydrogen-bond donors (Lipinski definition) is 1. The summed E-state index contributed by atoms with van der Waals surface area (Å²) in [5.74, 6) is 1.33. The summed E-state index contributed by atoms with van der Waals surface area (Å²) in [6, 6.07) is 11.5. The van der Waals surface area contributed by atoms with Crippen LogP contribution in [0.5, 0.6) is 5.75 Å². The van der Waals surface area contributed by atoms with E-state index in [9.17, 15) is 4.79 Å². The highest BCUT2D eigenvalue weighted by Crippen LogP contribution is 2.29. The molecule has 27 heavy (non-hydrogen) atoms. The Hall–Kier alpha value is -1.27. The number of nitrogens with one attached hydrogen (secondary N) is 1. The van der Waals surface area contributed by atoms with Crippen molar-refractivity contribution in [2.45, 2.75) is 25.8 Å². The van der Waals surface area contributed by atoms with Crippen LogP contribution in [-0.4, -0.2) is 37.0 Å². The number of likely N-dealkylation sites (tertiary alicyclic amines) is 1. The number of amides is 1. The molecule has 1 unspecified atom stereocenters. The van der Waals surface area contributed by atoms with Gasteiger partial charge in [-0.3, -0.25) is 9.69 Å². The van der Waals surface area contributed by atoms with Gasteiger partial charge in [-0.05, 0) is 67.6 Å². The van der Waals surface area contributed by atoms with Crippen molar-refractivity contribution in [2.75, 3.05) is 26.2 Å². The van der Waals surface area contributed by atoms with Gasteiger partial charge in [-0.1, -0.05) is 24.6 Å². The van der Waals surface area contributed by atoms with Crippen molar-refractivity contribution in [1.29, 1.82) is 0 Å². The van der Waals surface area contributed by atoms with Gasteiger partial charge in [-0.2, -0.15) is 0 Å². The van der Waals surface area contributed by atoms with Gasteiger partial charge in [-0.25, -0.2) is 0 Å². The summed E-state index contributed by atoms with van der Waals surface area (Å²) >= 11 is 7.60. The molecule has 0 saturated carbocycles. The number of hydrogen-bond acceptors (Lipinski definition) is 4. The minimum Gasteiger partial charge on any atom is -0.484 e.